The number of anilines is 2. The molecular formula is C9H15N3. The highest BCUT2D eigenvalue weighted by Crippen LogP contribution is 2.15. The molecule has 1 aromatic carbocycles. The van der Waals surface area contributed by atoms with Gasteiger partial charge in [-0.05, 0) is 19.2 Å². The number of hydrogen-bond donors (Lipinski definition) is 3. The average molecular weight is 165 g/mol. The first-order valence-electron chi connectivity index (χ1n) is 4.07. The Kier molecular flexibility index (Phi) is 3.41. The summed E-state index contributed by atoms with van der Waals surface area (Å²) in [5.74, 6) is 0. The van der Waals surface area contributed by atoms with E-state index in [-0.39, 0.29) is 0 Å². The second-order valence-corrected chi connectivity index (χ2v) is 2.62. The summed E-state index contributed by atoms with van der Waals surface area (Å²) in [6.07, 6.45) is 0. The highest BCUT2D eigenvalue weighted by molar-refractivity contribution is 5.65. The van der Waals surface area contributed by atoms with E-state index in [0.717, 1.165) is 24.5 Å². The van der Waals surface area contributed by atoms with E-state index in [9.17, 15) is 0 Å². The number of benzene rings is 1. The number of nitrogens with two attached hydrogens (primary N) is 1. The number of likely N-dealkylation sites (N-methyl/N-ethyl adjacent to an activating group) is 1. The summed E-state index contributed by atoms with van der Waals surface area (Å²) in [5.41, 5.74) is 7.53. The maximum atomic E-state index is 5.72. The second-order valence-electron chi connectivity index (χ2n) is 2.62. The summed E-state index contributed by atoms with van der Waals surface area (Å²) >= 11 is 0. The Balaban J connectivity index is 2.46. The number of nitrogens with one attached hydrogen (secondary N) is 2. The van der Waals surface area contributed by atoms with E-state index in [1.807, 2.05) is 31.3 Å². The van der Waals surface area contributed by atoms with Crippen molar-refractivity contribution < 1.29 is 0 Å². The maximum absolute atomic E-state index is 5.72. The lowest BCUT2D eigenvalue weighted by Gasteiger charge is -2.07. The standard InChI is InChI=1S/C9H15N3/c1-11-6-7-12-9-5-3-2-4-8(9)10/h2-5,11-12H,6-7,10H2,1H3. The molecule has 0 fully saturated rings. The van der Waals surface area contributed by atoms with E-state index < -0.39 is 0 Å². The van der Waals surface area contributed by atoms with Gasteiger partial charge in [-0.15, -0.1) is 0 Å². The average Bonchev–Trinajstić information content (AvgIpc) is 2.09. The van der Waals surface area contributed by atoms with Gasteiger partial charge < -0.3 is 16.4 Å². The van der Waals surface area contributed by atoms with Gasteiger partial charge in [0.25, 0.3) is 0 Å². The van der Waals surface area contributed by atoms with Gasteiger partial charge in [0.15, 0.2) is 0 Å². The lowest BCUT2D eigenvalue weighted by atomic mass is 10.3. The van der Waals surface area contributed by atoms with Gasteiger partial charge >= 0.3 is 0 Å². The van der Waals surface area contributed by atoms with Crippen LogP contribution < -0.4 is 16.4 Å². The summed E-state index contributed by atoms with van der Waals surface area (Å²) in [7, 11) is 1.93. The van der Waals surface area contributed by atoms with Crippen LogP contribution in [-0.2, 0) is 0 Å². The van der Waals surface area contributed by atoms with E-state index in [1.165, 1.54) is 0 Å². The molecule has 0 atom stereocenters. The van der Waals surface area contributed by atoms with Crippen molar-refractivity contribution in [1.29, 1.82) is 0 Å². The van der Waals surface area contributed by atoms with Crippen LogP contribution in [-0.4, -0.2) is 20.1 Å². The molecule has 0 saturated carbocycles. The highest BCUT2D eigenvalue weighted by Gasteiger charge is 1.93. The van der Waals surface area contributed by atoms with Crippen LogP contribution in [0, 0.1) is 0 Å². The van der Waals surface area contributed by atoms with Crippen LogP contribution in [0.25, 0.3) is 0 Å². The van der Waals surface area contributed by atoms with Crippen LogP contribution in [0.5, 0.6) is 0 Å². The smallest absolute Gasteiger partial charge is 0.0574 e. The lowest BCUT2D eigenvalue weighted by molar-refractivity contribution is 0.824. The Morgan fingerprint density at radius 3 is 2.67 bits per heavy atom. The molecule has 0 aliphatic rings. The van der Waals surface area contributed by atoms with Gasteiger partial charge in [0.1, 0.15) is 0 Å². The molecule has 1 rings (SSSR count). The molecule has 0 spiro atoms. The van der Waals surface area contributed by atoms with Crippen molar-refractivity contribution in [3.8, 4) is 0 Å². The third kappa shape index (κ3) is 2.43. The van der Waals surface area contributed by atoms with Crippen molar-refractivity contribution in [2.45, 2.75) is 0 Å². The molecule has 0 radical (unpaired) electrons. The summed E-state index contributed by atoms with van der Waals surface area (Å²) in [4.78, 5) is 0. The van der Waals surface area contributed by atoms with Gasteiger partial charge in [-0.1, -0.05) is 12.1 Å². The quantitative estimate of drug-likeness (QED) is 0.459. The van der Waals surface area contributed by atoms with Crippen molar-refractivity contribution in [2.75, 3.05) is 31.2 Å². The highest BCUT2D eigenvalue weighted by atomic mass is 14.9. The minimum Gasteiger partial charge on any atom is -0.397 e. The molecule has 0 aliphatic carbocycles. The predicted octanol–water partition coefficient (Wildman–Crippen LogP) is 0.900. The summed E-state index contributed by atoms with van der Waals surface area (Å²) in [5, 5.41) is 6.28. The number of hydrogen-bond acceptors (Lipinski definition) is 3. The van der Waals surface area contributed by atoms with E-state index in [0.29, 0.717) is 0 Å². The third-order valence-corrected chi connectivity index (χ3v) is 1.65. The molecule has 3 nitrogen and oxygen atoms in total. The van der Waals surface area contributed by atoms with Crippen LogP contribution in [0.3, 0.4) is 0 Å². The van der Waals surface area contributed by atoms with Crippen molar-refractivity contribution in [2.24, 2.45) is 0 Å². The summed E-state index contributed by atoms with van der Waals surface area (Å²) < 4.78 is 0. The predicted molar refractivity (Wildman–Crippen MR) is 53.3 cm³/mol. The molecule has 12 heavy (non-hydrogen) atoms. The van der Waals surface area contributed by atoms with Gasteiger partial charge in [0.05, 0.1) is 11.4 Å². The molecule has 4 N–H and O–H groups in total. The minimum atomic E-state index is 0.800. The van der Waals surface area contributed by atoms with Crippen LogP contribution in [0.4, 0.5) is 11.4 Å². The molecule has 0 heterocycles. The van der Waals surface area contributed by atoms with Crippen molar-refractivity contribution in [3.63, 3.8) is 0 Å². The van der Waals surface area contributed by atoms with Crippen LogP contribution in [0.1, 0.15) is 0 Å². The largest absolute Gasteiger partial charge is 0.397 e. The fourth-order valence-electron chi connectivity index (χ4n) is 0.980. The first kappa shape index (κ1) is 8.87. The van der Waals surface area contributed by atoms with Crippen LogP contribution >= 0.6 is 0 Å². The number of nitrogen functional groups attached to an aromatic ring is 1. The molecule has 0 aromatic heterocycles. The Bertz CT molecular complexity index is 235. The SMILES string of the molecule is CNCCNc1ccccc1N. The van der Waals surface area contributed by atoms with Crippen LogP contribution in [0.2, 0.25) is 0 Å². The Morgan fingerprint density at radius 1 is 1.25 bits per heavy atom. The number of para-hydroxylation sites is 2. The molecule has 3 heteroatoms. The Morgan fingerprint density at radius 2 is 2.00 bits per heavy atom. The van der Waals surface area contributed by atoms with Crippen molar-refractivity contribution >= 4 is 11.4 Å². The fourth-order valence-corrected chi connectivity index (χ4v) is 0.980. The van der Waals surface area contributed by atoms with Gasteiger partial charge in [0.2, 0.25) is 0 Å². The monoisotopic (exact) mass is 165 g/mol. The molecule has 0 aliphatic heterocycles. The van der Waals surface area contributed by atoms with E-state index in [1.54, 1.807) is 0 Å². The Hall–Kier alpha value is -1.22. The zero-order chi connectivity index (χ0) is 8.81. The van der Waals surface area contributed by atoms with E-state index in [4.69, 9.17) is 5.73 Å². The lowest BCUT2D eigenvalue weighted by Crippen LogP contribution is -2.18. The fraction of sp³-hybridized carbons (Fsp3) is 0.333. The Labute approximate surface area is 73.0 Å². The minimum absolute atomic E-state index is 0.800. The zero-order valence-corrected chi connectivity index (χ0v) is 7.30. The molecular weight excluding hydrogens is 150 g/mol. The molecule has 0 amide bonds. The third-order valence-electron chi connectivity index (χ3n) is 1.65. The van der Waals surface area contributed by atoms with Gasteiger partial charge in [-0.25, -0.2) is 0 Å². The van der Waals surface area contributed by atoms with Crippen molar-refractivity contribution in [3.05, 3.63) is 24.3 Å². The van der Waals surface area contributed by atoms with Gasteiger partial charge in [0, 0.05) is 13.1 Å². The maximum Gasteiger partial charge on any atom is 0.0574 e. The first-order valence-corrected chi connectivity index (χ1v) is 4.07. The van der Waals surface area contributed by atoms with Crippen molar-refractivity contribution in [1.82, 2.24) is 5.32 Å². The van der Waals surface area contributed by atoms with Crippen LogP contribution in [0.15, 0.2) is 24.3 Å². The summed E-state index contributed by atoms with van der Waals surface area (Å²) in [6, 6.07) is 7.77. The molecule has 66 valence electrons. The number of rotatable bonds is 4. The molecule has 0 unspecified atom stereocenters. The zero-order valence-electron chi connectivity index (χ0n) is 7.30. The van der Waals surface area contributed by atoms with E-state index in [2.05, 4.69) is 10.6 Å². The molecule has 1 aromatic rings. The van der Waals surface area contributed by atoms with E-state index >= 15 is 0 Å². The normalized spacial score (nSPS) is 9.75. The first-order chi connectivity index (χ1) is 5.84. The second kappa shape index (κ2) is 4.62. The topological polar surface area (TPSA) is 50.1 Å². The molecule has 0 saturated heterocycles. The summed E-state index contributed by atoms with van der Waals surface area (Å²) in [6.45, 7) is 1.83. The molecule has 0 bridgehead atoms. The van der Waals surface area contributed by atoms with Gasteiger partial charge in [-0.2, -0.15) is 0 Å². The van der Waals surface area contributed by atoms with Gasteiger partial charge in [-0.3, -0.25) is 0 Å².